The number of amides is 2. The number of hydrogen-bond donors (Lipinski definition) is 1. The Kier molecular flexibility index (Phi) is 6.30. The molecule has 0 radical (unpaired) electrons. The molecule has 0 aliphatic rings. The molecule has 2 heterocycles. The van der Waals surface area contributed by atoms with Crippen LogP contribution in [0.25, 0.3) is 0 Å². The Morgan fingerprint density at radius 2 is 2.16 bits per heavy atom. The lowest BCUT2D eigenvalue weighted by Crippen LogP contribution is -2.44. The Morgan fingerprint density at radius 1 is 1.40 bits per heavy atom. The van der Waals surface area contributed by atoms with Crippen LogP contribution < -0.4 is 10.0 Å². The van der Waals surface area contributed by atoms with E-state index in [1.807, 2.05) is 6.92 Å². The lowest BCUT2D eigenvalue weighted by atomic mass is 10.2. The fourth-order valence-corrected chi connectivity index (χ4v) is 2.22. The summed E-state index contributed by atoms with van der Waals surface area (Å²) >= 11 is 5.77. The van der Waals surface area contributed by atoms with Crippen molar-refractivity contribution >= 4 is 23.4 Å². The molecule has 0 aliphatic carbocycles. The summed E-state index contributed by atoms with van der Waals surface area (Å²) in [5.41, 5.74) is 0.894. The molecule has 2 rings (SSSR count). The highest BCUT2D eigenvalue weighted by Crippen LogP contribution is 2.08. The maximum absolute atomic E-state index is 12.3. The van der Waals surface area contributed by atoms with E-state index in [0.29, 0.717) is 15.4 Å². The molecule has 0 saturated carbocycles. The van der Waals surface area contributed by atoms with Gasteiger partial charge in [0.2, 0.25) is 5.91 Å². The summed E-state index contributed by atoms with van der Waals surface area (Å²) in [5.74, 6) is -0.481. The molecular weight excluding hydrogens is 344 g/mol. The molecule has 0 aliphatic heterocycles. The number of carbonyl (C=O) groups excluding carboxylic acids is 2. The first-order valence-corrected chi connectivity index (χ1v) is 8.07. The van der Waals surface area contributed by atoms with E-state index >= 15 is 0 Å². The third-order valence-electron chi connectivity index (χ3n) is 3.77. The molecule has 0 bridgehead atoms. The van der Waals surface area contributed by atoms with Crippen molar-refractivity contribution < 1.29 is 14.3 Å². The number of likely N-dealkylation sites (N-methyl/N-ethyl adjacent to an activating group) is 1. The van der Waals surface area contributed by atoms with Crippen molar-refractivity contribution in [3.8, 4) is 0 Å². The fraction of sp³-hybridized carbons (Fsp3) is 0.294. The SMILES string of the molecule is C[C@@H](CNC(=O)c1ccc[n+]([O-])c1)N(C)C(=O)Cc1ccc(Cl)cn1. The monoisotopic (exact) mass is 362 g/mol. The van der Waals surface area contributed by atoms with Crippen molar-refractivity contribution in [3.63, 3.8) is 0 Å². The molecule has 1 atom stereocenters. The second-order valence-corrected chi connectivity index (χ2v) is 6.10. The number of nitrogens with zero attached hydrogens (tertiary/aromatic N) is 3. The minimum Gasteiger partial charge on any atom is -0.619 e. The predicted molar refractivity (Wildman–Crippen MR) is 92.9 cm³/mol. The topological polar surface area (TPSA) is 89.2 Å². The van der Waals surface area contributed by atoms with Gasteiger partial charge in [-0.1, -0.05) is 11.6 Å². The normalized spacial score (nSPS) is 11.6. The highest BCUT2D eigenvalue weighted by molar-refractivity contribution is 6.30. The van der Waals surface area contributed by atoms with Gasteiger partial charge in [0.25, 0.3) is 5.91 Å². The quantitative estimate of drug-likeness (QED) is 0.617. The van der Waals surface area contributed by atoms with Gasteiger partial charge >= 0.3 is 0 Å². The van der Waals surface area contributed by atoms with E-state index in [9.17, 15) is 14.8 Å². The number of halogens is 1. The van der Waals surface area contributed by atoms with Crippen LogP contribution in [0, 0.1) is 5.21 Å². The van der Waals surface area contributed by atoms with E-state index in [2.05, 4.69) is 10.3 Å². The van der Waals surface area contributed by atoms with Crippen LogP contribution in [0.15, 0.2) is 42.9 Å². The maximum atomic E-state index is 12.3. The first kappa shape index (κ1) is 18.7. The van der Waals surface area contributed by atoms with Gasteiger partial charge in [-0.25, -0.2) is 0 Å². The smallest absolute Gasteiger partial charge is 0.257 e. The summed E-state index contributed by atoms with van der Waals surface area (Å²) in [5, 5.41) is 14.4. The zero-order chi connectivity index (χ0) is 18.4. The average molecular weight is 363 g/mol. The highest BCUT2D eigenvalue weighted by atomic mass is 35.5. The summed E-state index contributed by atoms with van der Waals surface area (Å²) in [6.07, 6.45) is 4.15. The lowest BCUT2D eigenvalue weighted by molar-refractivity contribution is -0.605. The number of carbonyl (C=O) groups is 2. The van der Waals surface area contributed by atoms with Crippen molar-refractivity contribution in [1.29, 1.82) is 0 Å². The minimum atomic E-state index is -0.364. The van der Waals surface area contributed by atoms with Gasteiger partial charge in [0.1, 0.15) is 5.56 Å². The Labute approximate surface area is 150 Å². The molecule has 1 N–H and O–H groups in total. The number of rotatable bonds is 6. The standard InChI is InChI=1S/C17H19ClN4O3/c1-12(9-20-17(24)13-4-3-7-22(25)11-13)21(2)16(23)8-15-6-5-14(18)10-19-15/h3-7,10-12H,8-9H2,1-2H3,(H,20,24)/t12-/m0/s1. The molecule has 2 amide bonds. The largest absolute Gasteiger partial charge is 0.619 e. The molecular formula is C17H19ClN4O3. The van der Waals surface area contributed by atoms with E-state index in [4.69, 9.17) is 11.6 Å². The lowest BCUT2D eigenvalue weighted by Gasteiger charge is -2.25. The molecule has 8 heteroatoms. The van der Waals surface area contributed by atoms with Crippen molar-refractivity contribution in [1.82, 2.24) is 15.2 Å². The van der Waals surface area contributed by atoms with Crippen LogP contribution in [0.4, 0.5) is 0 Å². The molecule has 0 unspecified atom stereocenters. The summed E-state index contributed by atoms with van der Waals surface area (Å²) in [4.78, 5) is 30.0. The van der Waals surface area contributed by atoms with Gasteiger partial charge in [-0.3, -0.25) is 14.6 Å². The summed E-state index contributed by atoms with van der Waals surface area (Å²) in [6, 6.07) is 6.22. The molecule has 132 valence electrons. The Hall–Kier alpha value is -2.67. The van der Waals surface area contributed by atoms with Crippen LogP contribution in [-0.4, -0.2) is 41.3 Å². The first-order valence-electron chi connectivity index (χ1n) is 7.70. The van der Waals surface area contributed by atoms with Gasteiger partial charge in [-0.2, -0.15) is 4.73 Å². The minimum absolute atomic E-state index is 0.117. The first-order chi connectivity index (χ1) is 11.9. The molecule has 25 heavy (non-hydrogen) atoms. The van der Waals surface area contributed by atoms with Crippen molar-refractivity contribution in [3.05, 3.63) is 64.3 Å². The average Bonchev–Trinajstić information content (AvgIpc) is 2.60. The van der Waals surface area contributed by atoms with Crippen LogP contribution in [0.5, 0.6) is 0 Å². The Bertz CT molecular complexity index is 752. The van der Waals surface area contributed by atoms with Gasteiger partial charge in [0.15, 0.2) is 12.4 Å². The van der Waals surface area contributed by atoms with Crippen LogP contribution >= 0.6 is 11.6 Å². The molecule has 0 spiro atoms. The van der Waals surface area contributed by atoms with Gasteiger partial charge in [-0.15, -0.1) is 0 Å². The maximum Gasteiger partial charge on any atom is 0.257 e. The van der Waals surface area contributed by atoms with Gasteiger partial charge in [0.05, 0.1) is 11.4 Å². The second-order valence-electron chi connectivity index (χ2n) is 5.66. The van der Waals surface area contributed by atoms with Crippen LogP contribution in [0.1, 0.15) is 23.0 Å². The molecule has 2 aromatic rings. The molecule has 0 fully saturated rings. The van der Waals surface area contributed by atoms with Gasteiger partial charge in [-0.05, 0) is 25.1 Å². The number of aromatic nitrogens is 2. The van der Waals surface area contributed by atoms with E-state index in [0.717, 1.165) is 0 Å². The van der Waals surface area contributed by atoms with Crippen molar-refractivity contribution in [2.24, 2.45) is 0 Å². The zero-order valence-electron chi connectivity index (χ0n) is 14.0. The van der Waals surface area contributed by atoms with E-state index in [-0.39, 0.29) is 36.4 Å². The second kappa shape index (κ2) is 8.43. The van der Waals surface area contributed by atoms with Crippen LogP contribution in [-0.2, 0) is 11.2 Å². The molecule has 0 aromatic carbocycles. The van der Waals surface area contributed by atoms with Crippen molar-refractivity contribution in [2.75, 3.05) is 13.6 Å². The predicted octanol–water partition coefficient (Wildman–Crippen LogP) is 1.19. The van der Waals surface area contributed by atoms with Gasteiger partial charge < -0.3 is 15.4 Å². The van der Waals surface area contributed by atoms with Gasteiger partial charge in [0, 0.05) is 37.6 Å². The number of nitrogens with one attached hydrogen (secondary N) is 1. The Morgan fingerprint density at radius 3 is 2.80 bits per heavy atom. The number of hydrogen-bond acceptors (Lipinski definition) is 4. The zero-order valence-corrected chi connectivity index (χ0v) is 14.7. The van der Waals surface area contributed by atoms with Crippen molar-refractivity contribution in [2.45, 2.75) is 19.4 Å². The molecule has 2 aromatic heterocycles. The van der Waals surface area contributed by atoms with Crippen LogP contribution in [0.3, 0.4) is 0 Å². The summed E-state index contributed by atoms with van der Waals surface area (Å²) in [7, 11) is 1.67. The Balaban J connectivity index is 1.86. The molecule has 0 saturated heterocycles. The van der Waals surface area contributed by atoms with E-state index < -0.39 is 0 Å². The fourth-order valence-electron chi connectivity index (χ4n) is 2.10. The third kappa shape index (κ3) is 5.42. The summed E-state index contributed by atoms with van der Waals surface area (Å²) in [6.45, 7) is 2.09. The highest BCUT2D eigenvalue weighted by Gasteiger charge is 2.18. The number of pyridine rings is 2. The summed E-state index contributed by atoms with van der Waals surface area (Å²) < 4.78 is 0.563. The van der Waals surface area contributed by atoms with Crippen LogP contribution in [0.2, 0.25) is 5.02 Å². The molecule has 7 nitrogen and oxygen atoms in total. The van der Waals surface area contributed by atoms with E-state index in [1.165, 1.54) is 24.7 Å². The van der Waals surface area contributed by atoms with E-state index in [1.54, 1.807) is 30.1 Å². The third-order valence-corrected chi connectivity index (χ3v) is 3.99.